The van der Waals surface area contributed by atoms with Gasteiger partial charge in [-0.05, 0) is 18.2 Å². The number of aromatic nitrogens is 2. The molecule has 2 aromatic rings. The second kappa shape index (κ2) is 9.51. The minimum atomic E-state index is 0.0396. The number of anilines is 1. The molecule has 4 rings (SSSR count). The summed E-state index contributed by atoms with van der Waals surface area (Å²) < 4.78 is 10.5. The quantitative estimate of drug-likeness (QED) is 0.607. The van der Waals surface area contributed by atoms with Crippen LogP contribution in [-0.2, 0) is 29.0 Å². The number of ether oxygens (including phenoxy) is 2. The Morgan fingerprint density at radius 2 is 1.83 bits per heavy atom. The van der Waals surface area contributed by atoms with Crippen LogP contribution in [-0.4, -0.2) is 79.2 Å². The van der Waals surface area contributed by atoms with E-state index in [9.17, 15) is 4.79 Å². The van der Waals surface area contributed by atoms with Crippen molar-refractivity contribution in [3.8, 4) is 6.01 Å². The van der Waals surface area contributed by atoms with Crippen LogP contribution in [0.25, 0.3) is 0 Å². The maximum atomic E-state index is 12.6. The number of carbonyl (C=O) groups excluding carboxylic acids is 1. The zero-order valence-electron chi connectivity index (χ0n) is 17.7. The van der Waals surface area contributed by atoms with Crippen LogP contribution in [0.15, 0.2) is 30.5 Å². The van der Waals surface area contributed by atoms with Gasteiger partial charge in [0, 0.05) is 51.6 Å². The van der Waals surface area contributed by atoms with Gasteiger partial charge >= 0.3 is 6.01 Å². The Morgan fingerprint density at radius 3 is 2.60 bits per heavy atom. The molecule has 1 fully saturated rings. The normalized spacial score (nSPS) is 17.4. The Bertz CT molecular complexity index is 883. The van der Waals surface area contributed by atoms with Crippen LogP contribution >= 0.6 is 0 Å². The number of amides is 1. The summed E-state index contributed by atoms with van der Waals surface area (Å²) in [6.07, 6.45) is 2.01. The first-order valence-corrected chi connectivity index (χ1v) is 10.4. The molecule has 0 saturated carbocycles. The second-order valence-electron chi connectivity index (χ2n) is 7.90. The van der Waals surface area contributed by atoms with Crippen molar-refractivity contribution in [2.75, 3.05) is 58.5 Å². The van der Waals surface area contributed by atoms with E-state index >= 15 is 0 Å². The molecule has 0 aliphatic carbocycles. The lowest BCUT2D eigenvalue weighted by molar-refractivity contribution is -0.117. The van der Waals surface area contributed by atoms with E-state index in [0.717, 1.165) is 43.9 Å². The van der Waals surface area contributed by atoms with Crippen molar-refractivity contribution < 1.29 is 14.3 Å². The summed E-state index contributed by atoms with van der Waals surface area (Å²) in [5, 5.41) is 0. The number of carbonyl (C=O) groups is 1. The molecular weight excluding hydrogens is 382 g/mol. The molecule has 1 amide bonds. The average Bonchev–Trinajstić information content (AvgIpc) is 3.05. The third-order valence-electron chi connectivity index (χ3n) is 5.57. The fourth-order valence-electron chi connectivity index (χ4n) is 3.84. The van der Waals surface area contributed by atoms with Crippen LogP contribution < -0.4 is 9.64 Å². The fourth-order valence-corrected chi connectivity index (χ4v) is 3.84. The van der Waals surface area contributed by atoms with Gasteiger partial charge in [-0.15, -0.1) is 0 Å². The number of likely N-dealkylation sites (N-methyl/N-ethyl adjacent to an activating group) is 1. The Hall–Kier alpha value is -2.55. The van der Waals surface area contributed by atoms with Crippen LogP contribution in [0, 0.1) is 0 Å². The molecular formula is C22H29N5O3. The number of rotatable bonds is 8. The average molecular weight is 412 g/mol. The minimum absolute atomic E-state index is 0.0396. The van der Waals surface area contributed by atoms with Crippen molar-refractivity contribution in [2.24, 2.45) is 0 Å². The van der Waals surface area contributed by atoms with Gasteiger partial charge in [0.05, 0.1) is 19.6 Å². The van der Waals surface area contributed by atoms with Crippen molar-refractivity contribution in [1.82, 2.24) is 19.8 Å². The molecule has 8 nitrogen and oxygen atoms in total. The van der Waals surface area contributed by atoms with Crippen LogP contribution in [0.2, 0.25) is 0 Å². The van der Waals surface area contributed by atoms with Gasteiger partial charge in [-0.2, -0.15) is 4.98 Å². The van der Waals surface area contributed by atoms with Gasteiger partial charge in [-0.25, -0.2) is 4.98 Å². The summed E-state index contributed by atoms with van der Waals surface area (Å²) >= 11 is 0. The molecule has 0 bridgehead atoms. The topological polar surface area (TPSA) is 71.0 Å². The smallest absolute Gasteiger partial charge is 0.318 e. The Kier molecular flexibility index (Phi) is 6.56. The van der Waals surface area contributed by atoms with Gasteiger partial charge < -0.3 is 14.4 Å². The highest BCUT2D eigenvalue weighted by molar-refractivity contribution is 6.00. The monoisotopic (exact) mass is 411 g/mol. The molecule has 1 aromatic carbocycles. The standard InChI is InChI=1S/C22H29N5O3/c1-25-6-8-26(9-7-25)15-17-4-3-5-18(12-17)16-27-20(28)13-19-14-23-22(24-21(19)27)30-11-10-29-2/h3-5,12,14H,6-11,13,15-16H2,1-2H3. The third-order valence-corrected chi connectivity index (χ3v) is 5.57. The second-order valence-corrected chi connectivity index (χ2v) is 7.90. The molecule has 1 saturated heterocycles. The van der Waals surface area contributed by atoms with Gasteiger partial charge in [0.25, 0.3) is 0 Å². The predicted octanol–water partition coefficient (Wildman–Crippen LogP) is 1.34. The number of fused-ring (bicyclic) bond motifs is 1. The maximum absolute atomic E-state index is 12.6. The highest BCUT2D eigenvalue weighted by atomic mass is 16.5. The highest BCUT2D eigenvalue weighted by Gasteiger charge is 2.30. The first-order chi connectivity index (χ1) is 14.6. The lowest BCUT2D eigenvalue weighted by Crippen LogP contribution is -2.43. The number of hydrogen-bond acceptors (Lipinski definition) is 7. The maximum Gasteiger partial charge on any atom is 0.318 e. The third kappa shape index (κ3) is 4.95. The van der Waals surface area contributed by atoms with E-state index in [0.29, 0.717) is 32.0 Å². The van der Waals surface area contributed by atoms with Gasteiger partial charge in [0.1, 0.15) is 12.4 Å². The van der Waals surface area contributed by atoms with Crippen molar-refractivity contribution >= 4 is 11.7 Å². The molecule has 0 radical (unpaired) electrons. The number of nitrogens with zero attached hydrogens (tertiary/aromatic N) is 5. The summed E-state index contributed by atoms with van der Waals surface area (Å²) in [7, 11) is 3.78. The zero-order valence-corrected chi connectivity index (χ0v) is 17.7. The Balaban J connectivity index is 1.44. The number of hydrogen-bond donors (Lipinski definition) is 0. The van der Waals surface area contributed by atoms with Crippen LogP contribution in [0.3, 0.4) is 0 Å². The van der Waals surface area contributed by atoms with Gasteiger partial charge in [-0.3, -0.25) is 14.6 Å². The van der Waals surface area contributed by atoms with Crippen LogP contribution in [0.5, 0.6) is 6.01 Å². The van der Waals surface area contributed by atoms with Gasteiger partial charge in [0.2, 0.25) is 5.91 Å². The largest absolute Gasteiger partial charge is 0.461 e. The van der Waals surface area contributed by atoms with Crippen molar-refractivity contribution in [2.45, 2.75) is 19.5 Å². The van der Waals surface area contributed by atoms with Crippen LogP contribution in [0.4, 0.5) is 5.82 Å². The lowest BCUT2D eigenvalue weighted by atomic mass is 10.1. The molecule has 30 heavy (non-hydrogen) atoms. The summed E-state index contributed by atoms with van der Waals surface area (Å²) in [6.45, 7) is 6.65. The van der Waals surface area contributed by atoms with E-state index in [1.165, 1.54) is 5.56 Å². The van der Waals surface area contributed by atoms with Crippen molar-refractivity contribution in [3.63, 3.8) is 0 Å². The lowest BCUT2D eigenvalue weighted by Gasteiger charge is -2.32. The number of benzene rings is 1. The molecule has 2 aliphatic rings. The van der Waals surface area contributed by atoms with Gasteiger partial charge in [0.15, 0.2) is 0 Å². The summed E-state index contributed by atoms with van der Waals surface area (Å²) in [4.78, 5) is 27.9. The fraction of sp³-hybridized carbons (Fsp3) is 0.500. The molecule has 160 valence electrons. The molecule has 0 unspecified atom stereocenters. The van der Waals surface area contributed by atoms with E-state index < -0.39 is 0 Å². The van der Waals surface area contributed by atoms with Crippen molar-refractivity contribution in [1.29, 1.82) is 0 Å². The van der Waals surface area contributed by atoms with E-state index in [2.05, 4.69) is 51.1 Å². The molecule has 0 atom stereocenters. The number of piperazine rings is 1. The molecule has 0 N–H and O–H groups in total. The summed E-state index contributed by atoms with van der Waals surface area (Å²) in [5.41, 5.74) is 3.21. The SMILES string of the molecule is COCCOc1ncc2c(n1)N(Cc1cccc(CN3CCN(C)CC3)c1)C(=O)C2. The zero-order chi connectivity index (χ0) is 20.9. The van der Waals surface area contributed by atoms with E-state index in [1.807, 2.05) is 0 Å². The van der Waals surface area contributed by atoms with Gasteiger partial charge in [-0.1, -0.05) is 24.3 Å². The number of methoxy groups -OCH3 is 1. The first-order valence-electron chi connectivity index (χ1n) is 10.4. The summed E-state index contributed by atoms with van der Waals surface area (Å²) in [6, 6.07) is 8.76. The van der Waals surface area contributed by atoms with Crippen molar-refractivity contribution in [3.05, 3.63) is 47.2 Å². The molecule has 1 aromatic heterocycles. The van der Waals surface area contributed by atoms with E-state index in [4.69, 9.17) is 9.47 Å². The molecule has 0 spiro atoms. The van der Waals surface area contributed by atoms with Crippen LogP contribution in [0.1, 0.15) is 16.7 Å². The highest BCUT2D eigenvalue weighted by Crippen LogP contribution is 2.29. The van der Waals surface area contributed by atoms with E-state index in [-0.39, 0.29) is 11.9 Å². The molecule has 3 heterocycles. The Labute approximate surface area is 177 Å². The first kappa shape index (κ1) is 20.7. The Morgan fingerprint density at radius 1 is 1.07 bits per heavy atom. The summed E-state index contributed by atoms with van der Waals surface area (Å²) in [5.74, 6) is 0.685. The van der Waals surface area contributed by atoms with E-state index in [1.54, 1.807) is 18.2 Å². The molecule has 8 heteroatoms. The predicted molar refractivity (Wildman–Crippen MR) is 114 cm³/mol. The minimum Gasteiger partial charge on any atom is -0.461 e. The molecule has 2 aliphatic heterocycles.